The van der Waals surface area contributed by atoms with E-state index in [2.05, 4.69) is 10.3 Å². The van der Waals surface area contributed by atoms with E-state index in [1.807, 2.05) is 24.3 Å². The Hall–Kier alpha value is -3.52. The highest BCUT2D eigenvalue weighted by Crippen LogP contribution is 2.42. The molecule has 0 bridgehead atoms. The van der Waals surface area contributed by atoms with E-state index in [1.54, 1.807) is 12.1 Å². The fourth-order valence-corrected chi connectivity index (χ4v) is 3.26. The summed E-state index contributed by atoms with van der Waals surface area (Å²) in [6.07, 6.45) is 0.476. The van der Waals surface area contributed by atoms with Gasteiger partial charge in [-0.1, -0.05) is 24.3 Å². The zero-order chi connectivity index (χ0) is 22.0. The molecule has 2 N–H and O–H groups in total. The second-order valence-electron chi connectivity index (χ2n) is 7.26. The van der Waals surface area contributed by atoms with E-state index in [0.29, 0.717) is 24.2 Å². The summed E-state index contributed by atoms with van der Waals surface area (Å²) in [4.78, 5) is 15.6. The van der Waals surface area contributed by atoms with E-state index in [4.69, 9.17) is 14.6 Å². The van der Waals surface area contributed by atoms with E-state index in [0.717, 1.165) is 18.1 Å². The lowest BCUT2D eigenvalue weighted by Gasteiger charge is -2.10. The molecule has 1 atom stereocenters. The highest BCUT2D eigenvalue weighted by molar-refractivity contribution is 5.76. The van der Waals surface area contributed by atoms with Crippen molar-refractivity contribution < 1.29 is 28.2 Å². The van der Waals surface area contributed by atoms with Crippen LogP contribution in [0.5, 0.6) is 11.5 Å². The molecular formula is C23H20F2N2O4. The number of halogens is 2. The summed E-state index contributed by atoms with van der Waals surface area (Å²) in [7, 11) is 0. The molecule has 31 heavy (non-hydrogen) atoms. The molecule has 1 amide bonds. The number of alkyl halides is 1. The van der Waals surface area contributed by atoms with E-state index >= 15 is 0 Å². The molecule has 4 rings (SSSR count). The van der Waals surface area contributed by atoms with Crippen molar-refractivity contribution in [3.8, 4) is 22.8 Å². The summed E-state index contributed by atoms with van der Waals surface area (Å²) in [6.45, 7) is 0.922. The van der Waals surface area contributed by atoms with Gasteiger partial charge < -0.3 is 19.9 Å². The summed E-state index contributed by atoms with van der Waals surface area (Å²) in [5, 5.41) is 11.3. The Balaban J connectivity index is 1.51. The van der Waals surface area contributed by atoms with Crippen LogP contribution in [0.3, 0.4) is 0 Å². The Kier molecular flexibility index (Phi) is 5.56. The van der Waals surface area contributed by atoms with Crippen molar-refractivity contribution in [2.45, 2.75) is 25.9 Å². The molecule has 0 saturated carbocycles. The van der Waals surface area contributed by atoms with Crippen LogP contribution in [-0.2, 0) is 17.8 Å². The first-order valence-corrected chi connectivity index (χ1v) is 9.65. The molecule has 0 radical (unpaired) electrons. The number of carbonyl (C=O) groups is 1. The molecule has 0 aliphatic carbocycles. The Labute approximate surface area is 177 Å². The Morgan fingerprint density at radius 1 is 1.06 bits per heavy atom. The SMILES string of the molecule is CC1(F)Oc2ccc(-c3nc(Cc4ccc(CNC(=O)CO)cc4)ccc3F)cc2O1. The number of fused-ring (bicyclic) bond motifs is 1. The monoisotopic (exact) mass is 426 g/mol. The number of hydrogen-bond donors (Lipinski definition) is 2. The highest BCUT2D eigenvalue weighted by atomic mass is 19.2. The van der Waals surface area contributed by atoms with Crippen LogP contribution in [0.1, 0.15) is 23.7 Å². The molecule has 1 aliphatic heterocycles. The van der Waals surface area contributed by atoms with Crippen LogP contribution in [0.25, 0.3) is 11.3 Å². The second-order valence-corrected chi connectivity index (χ2v) is 7.26. The Bertz CT molecular complexity index is 1120. The number of aliphatic hydroxyl groups is 1. The van der Waals surface area contributed by atoms with Crippen molar-refractivity contribution in [1.82, 2.24) is 10.3 Å². The van der Waals surface area contributed by atoms with Crippen molar-refractivity contribution in [3.05, 3.63) is 77.2 Å². The van der Waals surface area contributed by atoms with Gasteiger partial charge in [-0.3, -0.25) is 4.79 Å². The van der Waals surface area contributed by atoms with Gasteiger partial charge >= 0.3 is 6.04 Å². The van der Waals surface area contributed by atoms with Gasteiger partial charge in [0.05, 0.1) is 0 Å². The number of nitrogens with one attached hydrogen (secondary N) is 1. The maximum atomic E-state index is 14.5. The molecule has 160 valence electrons. The number of amides is 1. The van der Waals surface area contributed by atoms with Gasteiger partial charge in [-0.05, 0) is 41.5 Å². The summed E-state index contributed by atoms with van der Waals surface area (Å²) in [5.74, 6) is -0.495. The van der Waals surface area contributed by atoms with Gasteiger partial charge in [-0.2, -0.15) is 4.39 Å². The third kappa shape index (κ3) is 4.80. The highest BCUT2D eigenvalue weighted by Gasteiger charge is 2.37. The topological polar surface area (TPSA) is 80.7 Å². The fourth-order valence-electron chi connectivity index (χ4n) is 3.26. The Morgan fingerprint density at radius 2 is 1.77 bits per heavy atom. The molecule has 1 unspecified atom stereocenters. The molecule has 0 saturated heterocycles. The van der Waals surface area contributed by atoms with E-state index in [9.17, 15) is 13.6 Å². The number of aromatic nitrogens is 1. The average molecular weight is 426 g/mol. The molecule has 1 aliphatic rings. The van der Waals surface area contributed by atoms with Crippen LogP contribution in [0, 0.1) is 5.82 Å². The van der Waals surface area contributed by atoms with Crippen molar-refractivity contribution >= 4 is 5.91 Å². The number of carbonyl (C=O) groups excluding carboxylic acids is 1. The van der Waals surface area contributed by atoms with Gasteiger partial charge in [0.2, 0.25) is 5.91 Å². The molecule has 3 aromatic rings. The lowest BCUT2D eigenvalue weighted by Crippen LogP contribution is -2.27. The molecule has 0 fully saturated rings. The van der Waals surface area contributed by atoms with Crippen molar-refractivity contribution in [3.63, 3.8) is 0 Å². The van der Waals surface area contributed by atoms with Gasteiger partial charge in [0.15, 0.2) is 11.5 Å². The third-order valence-corrected chi connectivity index (χ3v) is 4.75. The van der Waals surface area contributed by atoms with Crippen LogP contribution in [0.2, 0.25) is 0 Å². The van der Waals surface area contributed by atoms with Crippen LogP contribution < -0.4 is 14.8 Å². The number of ether oxygens (including phenoxy) is 2. The van der Waals surface area contributed by atoms with Crippen molar-refractivity contribution in [2.75, 3.05) is 6.61 Å². The molecular weight excluding hydrogens is 406 g/mol. The molecule has 2 aromatic carbocycles. The maximum absolute atomic E-state index is 14.5. The first-order chi connectivity index (χ1) is 14.8. The number of rotatable bonds is 6. The van der Waals surface area contributed by atoms with Crippen LogP contribution in [0.15, 0.2) is 54.6 Å². The van der Waals surface area contributed by atoms with Gasteiger partial charge in [-0.25, -0.2) is 9.37 Å². The van der Waals surface area contributed by atoms with Crippen molar-refractivity contribution in [1.29, 1.82) is 0 Å². The lowest BCUT2D eigenvalue weighted by molar-refractivity contribution is -0.173. The number of pyridine rings is 1. The largest absolute Gasteiger partial charge is 0.423 e. The van der Waals surface area contributed by atoms with Gasteiger partial charge in [0.1, 0.15) is 18.1 Å². The van der Waals surface area contributed by atoms with Crippen LogP contribution in [-0.4, -0.2) is 28.6 Å². The number of nitrogens with zero attached hydrogens (tertiary/aromatic N) is 1. The maximum Gasteiger partial charge on any atom is 0.404 e. The quantitative estimate of drug-likeness (QED) is 0.631. The predicted molar refractivity (Wildman–Crippen MR) is 109 cm³/mol. The number of benzene rings is 2. The van der Waals surface area contributed by atoms with Gasteiger partial charge in [0, 0.05) is 31.1 Å². The van der Waals surface area contributed by atoms with E-state index in [-0.39, 0.29) is 17.2 Å². The molecule has 8 heteroatoms. The van der Waals surface area contributed by atoms with Crippen LogP contribution >= 0.6 is 0 Å². The smallest absolute Gasteiger partial charge is 0.404 e. The zero-order valence-electron chi connectivity index (χ0n) is 16.7. The van der Waals surface area contributed by atoms with Gasteiger partial charge in [-0.15, -0.1) is 0 Å². The Morgan fingerprint density at radius 3 is 2.52 bits per heavy atom. The number of hydrogen-bond acceptors (Lipinski definition) is 5. The first kappa shape index (κ1) is 20.7. The fraction of sp³-hybridized carbons (Fsp3) is 0.217. The van der Waals surface area contributed by atoms with Gasteiger partial charge in [0.25, 0.3) is 0 Å². The first-order valence-electron chi connectivity index (χ1n) is 9.65. The molecule has 6 nitrogen and oxygen atoms in total. The minimum absolute atomic E-state index is 0.139. The predicted octanol–water partition coefficient (Wildman–Crippen LogP) is 3.50. The molecule has 0 spiro atoms. The lowest BCUT2D eigenvalue weighted by atomic mass is 10.1. The summed E-state index contributed by atoms with van der Waals surface area (Å²) in [6, 6.07) is 12.9. The summed E-state index contributed by atoms with van der Waals surface area (Å²) in [5.41, 5.74) is 3.10. The average Bonchev–Trinajstić information content (AvgIpc) is 3.07. The van der Waals surface area contributed by atoms with E-state index in [1.165, 1.54) is 18.2 Å². The van der Waals surface area contributed by atoms with Crippen molar-refractivity contribution in [2.24, 2.45) is 0 Å². The number of aliphatic hydroxyl groups excluding tert-OH is 1. The molecule has 2 heterocycles. The minimum Gasteiger partial charge on any atom is -0.423 e. The normalized spacial score (nSPS) is 16.9. The minimum atomic E-state index is -2.25. The molecule has 1 aromatic heterocycles. The third-order valence-electron chi connectivity index (χ3n) is 4.75. The zero-order valence-corrected chi connectivity index (χ0v) is 16.7. The summed E-state index contributed by atoms with van der Waals surface area (Å²) < 4.78 is 38.5. The summed E-state index contributed by atoms with van der Waals surface area (Å²) >= 11 is 0. The standard InChI is InChI=1S/C23H20F2N2O4/c1-23(25)30-19-9-6-16(11-20(19)31-23)22-18(24)8-7-17(27-22)10-14-2-4-15(5-3-14)12-26-21(29)13-28/h2-9,11,28H,10,12-13H2,1H3,(H,26,29). The second kappa shape index (κ2) is 8.31. The van der Waals surface area contributed by atoms with Crippen LogP contribution in [0.4, 0.5) is 8.78 Å². The van der Waals surface area contributed by atoms with E-state index < -0.39 is 24.4 Å².